The van der Waals surface area contributed by atoms with Crippen molar-refractivity contribution in [1.29, 1.82) is 0 Å². The number of carboxylic acids is 1. The number of nitrogens with one attached hydrogen (secondary N) is 1. The van der Waals surface area contributed by atoms with Crippen molar-refractivity contribution >= 4 is 23.9 Å². The average molecular weight is 564 g/mol. The number of aliphatic carboxylic acids is 1. The van der Waals surface area contributed by atoms with Gasteiger partial charge in [0.15, 0.2) is 11.5 Å². The minimum absolute atomic E-state index is 0.00820. The zero-order valence-electron chi connectivity index (χ0n) is 25.7. The topological polar surface area (TPSA) is 128 Å². The van der Waals surface area contributed by atoms with E-state index in [0.717, 1.165) is 0 Å². The van der Waals surface area contributed by atoms with Crippen molar-refractivity contribution in [2.75, 3.05) is 0 Å². The van der Waals surface area contributed by atoms with Crippen LogP contribution in [0.2, 0.25) is 0 Å². The molecule has 0 amide bonds. The lowest BCUT2D eigenvalue weighted by molar-refractivity contribution is -0.188. The molecule has 3 atom stereocenters. The number of hydrogen-bond acceptors (Lipinski definition) is 8. The van der Waals surface area contributed by atoms with Crippen LogP contribution >= 0.6 is 0 Å². The molecule has 0 radical (unpaired) electrons. The summed E-state index contributed by atoms with van der Waals surface area (Å²) in [6, 6.07) is 4.23. The van der Waals surface area contributed by atoms with Crippen molar-refractivity contribution in [2.24, 2.45) is 23.7 Å². The highest BCUT2D eigenvalue weighted by Crippen LogP contribution is 2.32. The second-order valence-electron chi connectivity index (χ2n) is 11.8. The van der Waals surface area contributed by atoms with Crippen molar-refractivity contribution in [3.63, 3.8) is 0 Å². The van der Waals surface area contributed by atoms with Crippen molar-refractivity contribution in [3.05, 3.63) is 23.8 Å². The van der Waals surface area contributed by atoms with Gasteiger partial charge in [-0.15, -0.1) is 0 Å². The molecule has 0 aliphatic carbocycles. The summed E-state index contributed by atoms with van der Waals surface area (Å²) in [6.07, 6.45) is 1.97. The van der Waals surface area contributed by atoms with Crippen LogP contribution in [0.5, 0.6) is 11.5 Å². The number of hydrogen-bond donors (Lipinski definition) is 2. The predicted molar refractivity (Wildman–Crippen MR) is 153 cm³/mol. The number of ether oxygens (including phenoxy) is 3. The highest BCUT2D eigenvalue weighted by Gasteiger charge is 2.45. The third-order valence-electron chi connectivity index (χ3n) is 6.84. The van der Waals surface area contributed by atoms with Crippen molar-refractivity contribution < 1.29 is 38.5 Å². The van der Waals surface area contributed by atoms with Crippen LogP contribution < -0.4 is 14.8 Å². The lowest BCUT2D eigenvalue weighted by atomic mass is 9.97. The lowest BCUT2D eigenvalue weighted by Crippen LogP contribution is -2.60. The number of carboxylic acid groups (broad SMARTS) is 1. The van der Waals surface area contributed by atoms with E-state index in [1.165, 1.54) is 12.1 Å². The summed E-state index contributed by atoms with van der Waals surface area (Å²) in [5.74, 6) is -2.84. The van der Waals surface area contributed by atoms with E-state index in [1.807, 2.05) is 48.5 Å². The normalized spacial score (nSPS) is 14.5. The molecule has 0 fully saturated rings. The van der Waals surface area contributed by atoms with E-state index in [0.29, 0.717) is 30.7 Å². The molecule has 1 aromatic rings. The Balaban J connectivity index is 3.46. The lowest BCUT2D eigenvalue weighted by Gasteiger charge is -2.34. The zero-order valence-corrected chi connectivity index (χ0v) is 25.7. The van der Waals surface area contributed by atoms with E-state index in [4.69, 9.17) is 14.2 Å². The Bertz CT molecular complexity index is 1000. The van der Waals surface area contributed by atoms with E-state index >= 15 is 0 Å². The summed E-state index contributed by atoms with van der Waals surface area (Å²) >= 11 is 0. The van der Waals surface area contributed by atoms with Gasteiger partial charge >= 0.3 is 23.9 Å². The molecule has 226 valence electrons. The molecule has 0 aliphatic heterocycles. The van der Waals surface area contributed by atoms with Crippen LogP contribution in [0.3, 0.4) is 0 Å². The molecule has 0 spiro atoms. The summed E-state index contributed by atoms with van der Waals surface area (Å²) in [4.78, 5) is 50.7. The summed E-state index contributed by atoms with van der Waals surface area (Å²) in [7, 11) is 0. The molecule has 9 nitrogen and oxygen atoms in total. The zero-order chi connectivity index (χ0) is 30.6. The minimum Gasteiger partial charge on any atom is -0.477 e. The smallest absolute Gasteiger partial charge is 0.364 e. The maximum atomic E-state index is 12.9. The Morgan fingerprint density at radius 2 is 1.38 bits per heavy atom. The number of carbonyl (C=O) groups is 4. The van der Waals surface area contributed by atoms with Gasteiger partial charge in [-0.1, -0.05) is 61.5 Å². The maximum absolute atomic E-state index is 12.9. The fourth-order valence-electron chi connectivity index (χ4n) is 3.61. The quantitative estimate of drug-likeness (QED) is 0.135. The van der Waals surface area contributed by atoms with E-state index in [1.54, 1.807) is 19.9 Å². The molecule has 1 rings (SSSR count). The molecule has 1 aromatic carbocycles. The van der Waals surface area contributed by atoms with Gasteiger partial charge in [-0.25, -0.2) is 4.79 Å². The van der Waals surface area contributed by atoms with Gasteiger partial charge in [-0.3, -0.25) is 19.7 Å². The van der Waals surface area contributed by atoms with Crippen LogP contribution in [0.25, 0.3) is 0 Å². The largest absolute Gasteiger partial charge is 0.477 e. The van der Waals surface area contributed by atoms with Crippen molar-refractivity contribution in [2.45, 2.75) is 113 Å². The van der Waals surface area contributed by atoms with Crippen LogP contribution in [0.15, 0.2) is 18.2 Å². The fraction of sp³-hybridized carbons (Fsp3) is 0.677. The number of esters is 3. The first-order valence-corrected chi connectivity index (χ1v) is 14.4. The molecule has 2 unspecified atom stereocenters. The Morgan fingerprint density at radius 1 is 0.850 bits per heavy atom. The number of rotatable bonds is 17. The highest BCUT2D eigenvalue weighted by molar-refractivity contribution is 5.83. The molecule has 0 saturated carbocycles. The van der Waals surface area contributed by atoms with Gasteiger partial charge in [0, 0.05) is 25.3 Å². The third-order valence-corrected chi connectivity index (χ3v) is 6.84. The van der Waals surface area contributed by atoms with Gasteiger partial charge in [-0.2, -0.15) is 0 Å². The van der Waals surface area contributed by atoms with Crippen molar-refractivity contribution in [3.8, 4) is 11.5 Å². The molecule has 2 N–H and O–H groups in total. The molecule has 0 bridgehead atoms. The highest BCUT2D eigenvalue weighted by atomic mass is 16.6. The summed E-state index contributed by atoms with van der Waals surface area (Å²) in [5, 5.41) is 13.3. The fourth-order valence-corrected chi connectivity index (χ4v) is 3.61. The van der Waals surface area contributed by atoms with Crippen LogP contribution in [0, 0.1) is 23.7 Å². The van der Waals surface area contributed by atoms with Crippen molar-refractivity contribution in [1.82, 2.24) is 5.32 Å². The predicted octanol–water partition coefficient (Wildman–Crippen LogP) is 5.92. The van der Waals surface area contributed by atoms with Crippen LogP contribution in [0.4, 0.5) is 0 Å². The molecule has 9 heteroatoms. The van der Waals surface area contributed by atoms with Gasteiger partial charge in [0.05, 0.1) is 5.92 Å². The van der Waals surface area contributed by atoms with Gasteiger partial charge in [0.1, 0.15) is 0 Å². The molecular formula is C31H49NO8. The first kappa shape index (κ1) is 35.1. The molecule has 0 aromatic heterocycles. The summed E-state index contributed by atoms with van der Waals surface area (Å²) in [6.45, 7) is 17.1. The van der Waals surface area contributed by atoms with Crippen LogP contribution in [0.1, 0.15) is 100.0 Å². The van der Waals surface area contributed by atoms with E-state index in [2.05, 4.69) is 5.32 Å². The average Bonchev–Trinajstić information content (AvgIpc) is 2.86. The molecule has 0 heterocycles. The Morgan fingerprint density at radius 3 is 1.82 bits per heavy atom. The summed E-state index contributed by atoms with van der Waals surface area (Å²) in [5.41, 5.74) is -1.65. The van der Waals surface area contributed by atoms with Gasteiger partial charge < -0.3 is 19.3 Å². The van der Waals surface area contributed by atoms with E-state index < -0.39 is 35.5 Å². The first-order chi connectivity index (χ1) is 18.6. The Hall–Kier alpha value is -2.94. The second kappa shape index (κ2) is 16.4. The molecule has 0 aliphatic rings. The minimum atomic E-state index is -2.07. The Labute approximate surface area is 239 Å². The maximum Gasteiger partial charge on any atom is 0.364 e. The number of carbonyl (C=O) groups excluding carboxylic acids is 3. The van der Waals surface area contributed by atoms with Gasteiger partial charge in [0.2, 0.25) is 0 Å². The van der Waals surface area contributed by atoms with Gasteiger partial charge in [0.25, 0.3) is 5.72 Å². The monoisotopic (exact) mass is 563 g/mol. The van der Waals surface area contributed by atoms with Crippen LogP contribution in [-0.4, -0.2) is 40.8 Å². The Kier molecular flexibility index (Phi) is 14.3. The second-order valence-corrected chi connectivity index (χ2v) is 11.8. The molecule has 40 heavy (non-hydrogen) atoms. The van der Waals surface area contributed by atoms with Gasteiger partial charge in [-0.05, 0) is 61.6 Å². The molecular weight excluding hydrogens is 514 g/mol. The first-order valence-electron chi connectivity index (χ1n) is 14.4. The van der Waals surface area contributed by atoms with Crippen LogP contribution in [-0.2, 0) is 30.3 Å². The number of benzene rings is 1. The van der Waals surface area contributed by atoms with E-state index in [9.17, 15) is 24.3 Å². The standard InChI is InChI=1S/C31H49NO8/c1-10-22(8)32-31(30(36)37,40-29(35)23(9)21(6)7)18-24-13-14-25(38-27(33)15-11-19(2)3)26(17-24)39-28(34)16-12-20(4)5/h13-14,17,19-23,32H,10-12,15-16,18H2,1-9H3,(H,36,37)/t22?,23?,31-/m0/s1. The van der Waals surface area contributed by atoms with E-state index in [-0.39, 0.29) is 48.6 Å². The summed E-state index contributed by atoms with van der Waals surface area (Å²) < 4.78 is 16.8. The SMILES string of the molecule is CCC(C)N[C@@](Cc1ccc(OC(=O)CCC(C)C)c(OC(=O)CCC(C)C)c1)(OC(=O)C(C)C(C)C)C(=O)O. The molecule has 0 saturated heterocycles. The third kappa shape index (κ3) is 11.7.